The van der Waals surface area contributed by atoms with Crippen molar-refractivity contribution in [1.82, 2.24) is 15.0 Å². The number of hydrogen-bond acceptors (Lipinski definition) is 6. The van der Waals surface area contributed by atoms with E-state index >= 15 is 0 Å². The van der Waals surface area contributed by atoms with Crippen LogP contribution < -0.4 is 15.4 Å². The van der Waals surface area contributed by atoms with Gasteiger partial charge in [0.2, 0.25) is 11.9 Å². The van der Waals surface area contributed by atoms with Crippen molar-refractivity contribution in [2.75, 3.05) is 24.3 Å². The van der Waals surface area contributed by atoms with Crippen molar-refractivity contribution in [3.05, 3.63) is 35.9 Å². The van der Waals surface area contributed by atoms with Gasteiger partial charge < -0.3 is 15.4 Å². The number of benzene rings is 1. The Morgan fingerprint density at radius 1 is 1.10 bits per heavy atom. The van der Waals surface area contributed by atoms with Crippen LogP contribution in [0.25, 0.3) is 0 Å². The average Bonchev–Trinajstić information content (AvgIpc) is 2.53. The number of anilines is 2. The van der Waals surface area contributed by atoms with E-state index in [1.165, 1.54) is 5.56 Å². The molecule has 0 spiro atoms. The van der Waals surface area contributed by atoms with Crippen LogP contribution in [0.15, 0.2) is 30.3 Å². The summed E-state index contributed by atoms with van der Waals surface area (Å²) < 4.78 is 5.48. The molecule has 1 heterocycles. The lowest BCUT2D eigenvalue weighted by Gasteiger charge is -2.15. The zero-order chi connectivity index (χ0) is 15.1. The molecular formula is C15H21N5O. The number of rotatable bonds is 7. The quantitative estimate of drug-likeness (QED) is 0.816. The van der Waals surface area contributed by atoms with E-state index in [2.05, 4.69) is 44.6 Å². The molecule has 0 radical (unpaired) electrons. The predicted octanol–water partition coefficient (Wildman–Crippen LogP) is 2.88. The first-order valence-corrected chi connectivity index (χ1v) is 7.11. The van der Waals surface area contributed by atoms with E-state index in [1.54, 1.807) is 7.05 Å². The van der Waals surface area contributed by atoms with Gasteiger partial charge in [-0.05, 0) is 18.9 Å². The Bertz CT molecular complexity index is 561. The molecule has 6 nitrogen and oxygen atoms in total. The lowest BCUT2D eigenvalue weighted by molar-refractivity contribution is 0.292. The molecule has 0 aliphatic rings. The maximum absolute atomic E-state index is 5.48. The molecule has 2 aromatic rings. The fourth-order valence-electron chi connectivity index (χ4n) is 1.81. The standard InChI is InChI=1S/C15H21N5O/c1-4-10-21-15-19-13(16-3)18-14(20-15)17-11(2)12-8-6-5-7-9-12/h5-9,11H,4,10H2,1-3H3,(H2,16,17,18,19,20). The Hall–Kier alpha value is -2.37. The van der Waals surface area contributed by atoms with Gasteiger partial charge >= 0.3 is 6.01 Å². The van der Waals surface area contributed by atoms with Crippen LogP contribution in [0.4, 0.5) is 11.9 Å². The molecule has 0 aliphatic carbocycles. The molecule has 6 heteroatoms. The minimum absolute atomic E-state index is 0.0948. The van der Waals surface area contributed by atoms with Crippen LogP contribution in [0.5, 0.6) is 6.01 Å². The van der Waals surface area contributed by atoms with Gasteiger partial charge in [-0.3, -0.25) is 0 Å². The van der Waals surface area contributed by atoms with Crippen LogP contribution >= 0.6 is 0 Å². The number of ether oxygens (including phenoxy) is 1. The second-order valence-corrected chi connectivity index (χ2v) is 4.64. The molecule has 0 bridgehead atoms. The molecule has 2 rings (SSSR count). The van der Waals surface area contributed by atoms with Crippen LogP contribution in [-0.2, 0) is 0 Å². The van der Waals surface area contributed by atoms with Crippen LogP contribution in [0.1, 0.15) is 31.9 Å². The van der Waals surface area contributed by atoms with Gasteiger partial charge in [-0.25, -0.2) is 0 Å². The molecule has 1 aromatic carbocycles. The highest BCUT2D eigenvalue weighted by atomic mass is 16.5. The second kappa shape index (κ2) is 7.42. The molecule has 21 heavy (non-hydrogen) atoms. The first kappa shape index (κ1) is 15.0. The summed E-state index contributed by atoms with van der Waals surface area (Å²) >= 11 is 0. The van der Waals surface area contributed by atoms with Crippen molar-refractivity contribution in [1.29, 1.82) is 0 Å². The molecule has 2 N–H and O–H groups in total. The normalized spacial score (nSPS) is 11.8. The zero-order valence-corrected chi connectivity index (χ0v) is 12.6. The summed E-state index contributed by atoms with van der Waals surface area (Å²) in [6, 6.07) is 10.6. The highest BCUT2D eigenvalue weighted by Gasteiger charge is 2.10. The van der Waals surface area contributed by atoms with Crippen LogP contribution in [-0.4, -0.2) is 28.6 Å². The molecule has 0 fully saturated rings. The SMILES string of the molecule is CCCOc1nc(NC)nc(NC(C)c2ccccc2)n1. The fraction of sp³-hybridized carbons (Fsp3) is 0.400. The van der Waals surface area contributed by atoms with Gasteiger partial charge in [-0.15, -0.1) is 0 Å². The molecule has 1 aromatic heterocycles. The summed E-state index contributed by atoms with van der Waals surface area (Å²) in [7, 11) is 1.77. The first-order chi connectivity index (χ1) is 10.2. The maximum Gasteiger partial charge on any atom is 0.323 e. The summed E-state index contributed by atoms with van der Waals surface area (Å²) in [5, 5.41) is 6.18. The molecule has 0 saturated carbocycles. The monoisotopic (exact) mass is 287 g/mol. The van der Waals surface area contributed by atoms with Crippen molar-refractivity contribution in [2.24, 2.45) is 0 Å². The van der Waals surface area contributed by atoms with Crippen LogP contribution in [0, 0.1) is 0 Å². The topological polar surface area (TPSA) is 72.0 Å². The number of aromatic nitrogens is 3. The Morgan fingerprint density at radius 2 is 1.81 bits per heavy atom. The average molecular weight is 287 g/mol. The Kier molecular flexibility index (Phi) is 5.31. The minimum Gasteiger partial charge on any atom is -0.463 e. The third kappa shape index (κ3) is 4.30. The van der Waals surface area contributed by atoms with Crippen molar-refractivity contribution < 1.29 is 4.74 Å². The minimum atomic E-state index is 0.0948. The highest BCUT2D eigenvalue weighted by molar-refractivity contribution is 5.38. The van der Waals surface area contributed by atoms with Gasteiger partial charge in [0.1, 0.15) is 0 Å². The van der Waals surface area contributed by atoms with Gasteiger partial charge in [0.15, 0.2) is 0 Å². The summed E-state index contributed by atoms with van der Waals surface area (Å²) in [6.45, 7) is 4.68. The second-order valence-electron chi connectivity index (χ2n) is 4.64. The third-order valence-corrected chi connectivity index (χ3v) is 2.92. The number of hydrogen-bond donors (Lipinski definition) is 2. The van der Waals surface area contributed by atoms with Crippen molar-refractivity contribution in [2.45, 2.75) is 26.3 Å². The summed E-state index contributed by atoms with van der Waals surface area (Å²) in [5.74, 6) is 0.982. The lowest BCUT2D eigenvalue weighted by atomic mass is 10.1. The van der Waals surface area contributed by atoms with Crippen molar-refractivity contribution >= 4 is 11.9 Å². The lowest BCUT2D eigenvalue weighted by Crippen LogP contribution is -2.12. The molecule has 1 atom stereocenters. The molecule has 112 valence electrons. The van der Waals surface area contributed by atoms with Crippen LogP contribution in [0.3, 0.4) is 0 Å². The van der Waals surface area contributed by atoms with E-state index < -0.39 is 0 Å². The maximum atomic E-state index is 5.48. The Morgan fingerprint density at radius 3 is 2.48 bits per heavy atom. The van der Waals surface area contributed by atoms with Crippen molar-refractivity contribution in [3.63, 3.8) is 0 Å². The highest BCUT2D eigenvalue weighted by Crippen LogP contribution is 2.18. The van der Waals surface area contributed by atoms with Crippen LogP contribution in [0.2, 0.25) is 0 Å². The van der Waals surface area contributed by atoms with E-state index in [0.717, 1.165) is 6.42 Å². The van der Waals surface area contributed by atoms with E-state index in [-0.39, 0.29) is 6.04 Å². The molecule has 1 unspecified atom stereocenters. The molecule has 0 saturated heterocycles. The first-order valence-electron chi connectivity index (χ1n) is 7.11. The van der Waals surface area contributed by atoms with E-state index in [9.17, 15) is 0 Å². The van der Waals surface area contributed by atoms with Gasteiger partial charge in [-0.1, -0.05) is 37.3 Å². The number of nitrogens with one attached hydrogen (secondary N) is 2. The number of nitrogens with zero attached hydrogens (tertiary/aromatic N) is 3. The Balaban J connectivity index is 2.14. The van der Waals surface area contributed by atoms with E-state index in [0.29, 0.717) is 24.5 Å². The summed E-state index contributed by atoms with van der Waals surface area (Å²) in [4.78, 5) is 12.8. The van der Waals surface area contributed by atoms with E-state index in [4.69, 9.17) is 4.74 Å². The van der Waals surface area contributed by atoms with Gasteiger partial charge in [0.05, 0.1) is 12.6 Å². The van der Waals surface area contributed by atoms with Gasteiger partial charge in [0.25, 0.3) is 0 Å². The van der Waals surface area contributed by atoms with Gasteiger partial charge in [0, 0.05) is 7.05 Å². The van der Waals surface area contributed by atoms with Crippen molar-refractivity contribution in [3.8, 4) is 6.01 Å². The summed E-state index contributed by atoms with van der Waals surface area (Å²) in [5.41, 5.74) is 1.17. The fourth-order valence-corrected chi connectivity index (χ4v) is 1.81. The smallest absolute Gasteiger partial charge is 0.323 e. The van der Waals surface area contributed by atoms with Gasteiger partial charge in [-0.2, -0.15) is 15.0 Å². The Labute approximate surface area is 125 Å². The molecular weight excluding hydrogens is 266 g/mol. The molecule has 0 amide bonds. The zero-order valence-electron chi connectivity index (χ0n) is 12.6. The van der Waals surface area contributed by atoms with E-state index in [1.807, 2.05) is 25.1 Å². The largest absolute Gasteiger partial charge is 0.463 e. The predicted molar refractivity (Wildman–Crippen MR) is 83.6 cm³/mol. The summed E-state index contributed by atoms with van der Waals surface area (Å²) in [6.07, 6.45) is 0.906. The molecule has 0 aliphatic heterocycles. The third-order valence-electron chi connectivity index (χ3n) is 2.92.